The van der Waals surface area contributed by atoms with Gasteiger partial charge < -0.3 is 0 Å². The highest BCUT2D eigenvalue weighted by Gasteiger charge is 2.34. The van der Waals surface area contributed by atoms with Crippen LogP contribution in [0.15, 0.2) is 30.5 Å². The molecule has 0 amide bonds. The van der Waals surface area contributed by atoms with Crippen molar-refractivity contribution in [3.8, 4) is 0 Å². The first-order chi connectivity index (χ1) is 14.7. The van der Waals surface area contributed by atoms with Crippen molar-refractivity contribution in [2.24, 2.45) is 0 Å². The topological polar surface area (TPSA) is 35.6 Å². The molecule has 5 rings (SSSR count). The van der Waals surface area contributed by atoms with Gasteiger partial charge in [-0.3, -0.25) is 9.36 Å². The second kappa shape index (κ2) is 6.87. The van der Waals surface area contributed by atoms with Crippen molar-refractivity contribution in [1.29, 1.82) is 0 Å². The van der Waals surface area contributed by atoms with Crippen molar-refractivity contribution in [2.75, 3.05) is 0 Å². The Kier molecular flexibility index (Phi) is 4.47. The molecule has 0 saturated heterocycles. The number of rotatable bonds is 5. The van der Waals surface area contributed by atoms with Gasteiger partial charge in [-0.1, -0.05) is 27.7 Å². The molecule has 0 aliphatic heterocycles. The van der Waals surface area contributed by atoms with E-state index < -0.39 is 5.41 Å². The van der Waals surface area contributed by atoms with Gasteiger partial charge in [0.25, 0.3) is 0 Å². The van der Waals surface area contributed by atoms with E-state index in [-0.39, 0.29) is 17.6 Å². The molecule has 2 heterocycles. The average Bonchev–Trinajstić information content (AvgIpc) is 3.38. The molecule has 0 unspecified atom stereocenters. The van der Waals surface area contributed by atoms with Gasteiger partial charge in [-0.15, -0.1) is 0 Å². The van der Waals surface area contributed by atoms with Crippen LogP contribution in [0.3, 0.4) is 0 Å². The number of aryl methyl sites for hydroxylation is 1. The van der Waals surface area contributed by atoms with Gasteiger partial charge in [0, 0.05) is 27.3 Å². The number of halogens is 2. The highest BCUT2D eigenvalue weighted by atomic mass is 19.1. The van der Waals surface area contributed by atoms with Crippen molar-refractivity contribution in [3.05, 3.63) is 58.9 Å². The zero-order valence-electron chi connectivity index (χ0n) is 18.7. The SMILES string of the molecule is Cc1nn(CC(C)(C)c2c(F)ccc3cnn(C4CC4)c23)c2ccc(F)c(C(C)C)c12. The lowest BCUT2D eigenvalue weighted by molar-refractivity contribution is 0.399. The normalized spacial score (nSPS) is 15.0. The number of fused-ring (bicyclic) bond motifs is 2. The Labute approximate surface area is 180 Å². The minimum Gasteiger partial charge on any atom is -0.264 e. The van der Waals surface area contributed by atoms with E-state index in [2.05, 4.69) is 5.10 Å². The third kappa shape index (κ3) is 3.15. The summed E-state index contributed by atoms with van der Waals surface area (Å²) in [6.45, 7) is 10.5. The van der Waals surface area contributed by atoms with E-state index >= 15 is 4.39 Å². The molecular formula is C25H28F2N4. The minimum atomic E-state index is -0.548. The molecule has 0 N–H and O–H groups in total. The lowest BCUT2D eigenvalue weighted by atomic mass is 9.82. The standard InChI is InChI=1S/C25H28F2N4/c1-14(2)21-18(26)10-11-20-22(21)15(3)29-30(20)13-25(4,5)23-19(27)9-6-16-12-28-31(24(16)23)17-7-8-17/h6,9-12,14,17H,7-8,13H2,1-5H3. The van der Waals surface area contributed by atoms with Gasteiger partial charge in [0.05, 0.1) is 35.5 Å². The summed E-state index contributed by atoms with van der Waals surface area (Å²) < 4.78 is 33.8. The number of hydrogen-bond acceptors (Lipinski definition) is 2. The molecule has 31 heavy (non-hydrogen) atoms. The van der Waals surface area contributed by atoms with Gasteiger partial charge in [-0.05, 0) is 49.9 Å². The van der Waals surface area contributed by atoms with Gasteiger partial charge >= 0.3 is 0 Å². The largest absolute Gasteiger partial charge is 0.264 e. The van der Waals surface area contributed by atoms with Gasteiger partial charge in [-0.25, -0.2) is 8.78 Å². The highest BCUT2D eigenvalue weighted by Crippen LogP contribution is 2.41. The lowest BCUT2D eigenvalue weighted by Crippen LogP contribution is -2.27. The number of aromatic nitrogens is 4. The van der Waals surface area contributed by atoms with Crippen LogP contribution in [0.2, 0.25) is 0 Å². The zero-order valence-corrected chi connectivity index (χ0v) is 18.7. The summed E-state index contributed by atoms with van der Waals surface area (Å²) in [5.41, 5.74) is 3.39. The first kappa shape index (κ1) is 20.2. The van der Waals surface area contributed by atoms with Crippen molar-refractivity contribution in [2.45, 2.75) is 71.4 Å². The summed E-state index contributed by atoms with van der Waals surface area (Å²) in [6, 6.07) is 7.01. The van der Waals surface area contributed by atoms with E-state index in [1.54, 1.807) is 12.1 Å². The Morgan fingerprint density at radius 1 is 1.10 bits per heavy atom. The molecule has 1 fully saturated rings. The van der Waals surface area contributed by atoms with Crippen LogP contribution in [0.1, 0.15) is 69.3 Å². The summed E-state index contributed by atoms with van der Waals surface area (Å²) in [5.74, 6) is -0.372. The van der Waals surface area contributed by atoms with Crippen LogP contribution >= 0.6 is 0 Å². The Balaban J connectivity index is 1.66. The minimum absolute atomic E-state index is 0.0483. The predicted octanol–water partition coefficient (Wildman–Crippen LogP) is 6.41. The van der Waals surface area contributed by atoms with Crippen LogP contribution in [0, 0.1) is 18.6 Å². The molecule has 162 valence electrons. The van der Waals surface area contributed by atoms with Gasteiger partial charge in [0.15, 0.2) is 0 Å². The monoisotopic (exact) mass is 422 g/mol. The first-order valence-corrected chi connectivity index (χ1v) is 11.0. The zero-order chi connectivity index (χ0) is 22.1. The van der Waals surface area contributed by atoms with Gasteiger partial charge in [-0.2, -0.15) is 10.2 Å². The van der Waals surface area contributed by atoms with Crippen molar-refractivity contribution in [3.63, 3.8) is 0 Å². The van der Waals surface area contributed by atoms with Crippen LogP contribution in [0.4, 0.5) is 8.78 Å². The molecule has 6 heteroatoms. The number of hydrogen-bond donors (Lipinski definition) is 0. The maximum Gasteiger partial charge on any atom is 0.129 e. The summed E-state index contributed by atoms with van der Waals surface area (Å²) in [4.78, 5) is 0. The molecule has 1 saturated carbocycles. The molecule has 0 bridgehead atoms. The van der Waals surface area contributed by atoms with Crippen LogP contribution in [-0.2, 0) is 12.0 Å². The van der Waals surface area contributed by atoms with Crippen LogP contribution in [0.25, 0.3) is 21.8 Å². The molecular weight excluding hydrogens is 394 g/mol. The van der Waals surface area contributed by atoms with Crippen LogP contribution in [0.5, 0.6) is 0 Å². The average molecular weight is 423 g/mol. The number of nitrogens with zero attached hydrogens (tertiary/aromatic N) is 4. The van der Waals surface area contributed by atoms with E-state index in [0.717, 1.165) is 40.3 Å². The van der Waals surface area contributed by atoms with Crippen molar-refractivity contribution in [1.82, 2.24) is 19.6 Å². The predicted molar refractivity (Wildman–Crippen MR) is 120 cm³/mol. The summed E-state index contributed by atoms with van der Waals surface area (Å²) >= 11 is 0. The Hall–Kier alpha value is -2.76. The van der Waals surface area contributed by atoms with Crippen molar-refractivity contribution < 1.29 is 8.78 Å². The van der Waals surface area contributed by atoms with Crippen LogP contribution < -0.4 is 0 Å². The van der Waals surface area contributed by atoms with E-state index in [1.165, 1.54) is 12.1 Å². The van der Waals surface area contributed by atoms with Crippen LogP contribution in [-0.4, -0.2) is 19.6 Å². The van der Waals surface area contributed by atoms with E-state index in [4.69, 9.17) is 5.10 Å². The molecule has 0 spiro atoms. The quantitative estimate of drug-likeness (QED) is 0.373. The van der Waals surface area contributed by atoms with Gasteiger partial charge in [0.1, 0.15) is 11.6 Å². The second-order valence-corrected chi connectivity index (χ2v) is 9.82. The fourth-order valence-corrected chi connectivity index (χ4v) is 4.96. The first-order valence-electron chi connectivity index (χ1n) is 11.0. The molecule has 1 aliphatic rings. The molecule has 0 radical (unpaired) electrons. The maximum atomic E-state index is 15.3. The Bertz CT molecular complexity index is 1310. The third-order valence-electron chi connectivity index (χ3n) is 6.48. The Morgan fingerprint density at radius 2 is 1.81 bits per heavy atom. The molecule has 2 aromatic heterocycles. The second-order valence-electron chi connectivity index (χ2n) is 9.82. The molecule has 4 aromatic rings. The fraction of sp³-hybridized carbons (Fsp3) is 0.440. The molecule has 4 nitrogen and oxygen atoms in total. The highest BCUT2D eigenvalue weighted by molar-refractivity contribution is 5.86. The fourth-order valence-electron chi connectivity index (χ4n) is 4.96. The third-order valence-corrected chi connectivity index (χ3v) is 6.48. The summed E-state index contributed by atoms with van der Waals surface area (Å²) in [5, 5.41) is 11.1. The van der Waals surface area contributed by atoms with Crippen molar-refractivity contribution >= 4 is 21.8 Å². The summed E-state index contributed by atoms with van der Waals surface area (Å²) in [6.07, 6.45) is 4.00. The van der Waals surface area contributed by atoms with E-state index in [9.17, 15) is 4.39 Å². The smallest absolute Gasteiger partial charge is 0.129 e. The Morgan fingerprint density at radius 3 is 2.48 bits per heavy atom. The molecule has 2 aromatic carbocycles. The van der Waals surface area contributed by atoms with E-state index in [0.29, 0.717) is 23.7 Å². The molecule has 0 atom stereocenters. The maximum absolute atomic E-state index is 15.3. The van der Waals surface area contributed by atoms with E-state index in [1.807, 2.05) is 50.2 Å². The summed E-state index contributed by atoms with van der Waals surface area (Å²) in [7, 11) is 0. The van der Waals surface area contributed by atoms with Gasteiger partial charge in [0.2, 0.25) is 0 Å². The molecule has 1 aliphatic carbocycles. The lowest BCUT2D eigenvalue weighted by Gasteiger charge is -2.27. The number of benzene rings is 2.